The molecule has 2 amide bonds. The van der Waals surface area contributed by atoms with Crippen molar-refractivity contribution in [2.24, 2.45) is 11.8 Å². The minimum absolute atomic E-state index is 0.0947. The average Bonchev–Trinajstić information content (AvgIpc) is 3.34. The summed E-state index contributed by atoms with van der Waals surface area (Å²) in [5.74, 6) is -2.10. The second-order valence-electron chi connectivity index (χ2n) is 12.3. The number of nitrogens with zero attached hydrogens (tertiary/aromatic N) is 4. The Balaban J connectivity index is 2.30. The molecule has 238 valence electrons. The standard InChI is InChI=1S/C29H49N5O8/c1-10-11-12-23(38)33(24(17(2)3)27(39)30-29(7,8)9)14-13-21-15-34(32-31-21)28-18(4)25(40-19(5)36)26(41-20(6)37)22(16-35)42-28/h15,17-18,22,24-26,28,35H,10-14,16H2,1-9H3,(H,30,39)/t18-,22+,24?,25+,26-,28?/m0/s1. The van der Waals surface area contributed by atoms with E-state index in [1.54, 1.807) is 18.0 Å². The van der Waals surface area contributed by atoms with Crippen molar-refractivity contribution in [3.63, 3.8) is 0 Å². The van der Waals surface area contributed by atoms with Crippen LogP contribution in [0.15, 0.2) is 6.20 Å². The number of unbranched alkanes of at least 4 members (excludes halogenated alkanes) is 1. The van der Waals surface area contributed by atoms with Crippen LogP contribution in [0.5, 0.6) is 0 Å². The van der Waals surface area contributed by atoms with Gasteiger partial charge in [0.25, 0.3) is 0 Å². The van der Waals surface area contributed by atoms with Crippen molar-refractivity contribution in [1.29, 1.82) is 0 Å². The van der Waals surface area contributed by atoms with Crippen LogP contribution >= 0.6 is 0 Å². The molecule has 0 aromatic carbocycles. The van der Waals surface area contributed by atoms with Crippen molar-refractivity contribution < 1.29 is 38.5 Å². The van der Waals surface area contributed by atoms with E-state index >= 15 is 0 Å². The molecule has 0 bridgehead atoms. The Hall–Kier alpha value is -3.06. The third-order valence-electron chi connectivity index (χ3n) is 6.98. The van der Waals surface area contributed by atoms with Crippen LogP contribution < -0.4 is 5.32 Å². The molecule has 2 unspecified atom stereocenters. The Morgan fingerprint density at radius 1 is 1.14 bits per heavy atom. The molecule has 1 saturated heterocycles. The number of hydrogen-bond donors (Lipinski definition) is 2. The lowest BCUT2D eigenvalue weighted by Gasteiger charge is -2.43. The number of carbonyl (C=O) groups excluding carboxylic acids is 4. The van der Waals surface area contributed by atoms with E-state index in [-0.39, 0.29) is 24.3 Å². The van der Waals surface area contributed by atoms with Crippen LogP contribution in [-0.4, -0.2) is 91.8 Å². The zero-order chi connectivity index (χ0) is 31.8. The predicted octanol–water partition coefficient (Wildman–Crippen LogP) is 2.17. The highest BCUT2D eigenvalue weighted by Crippen LogP contribution is 2.36. The number of hydrogen-bond acceptors (Lipinski definition) is 10. The molecule has 1 aromatic rings. The summed E-state index contributed by atoms with van der Waals surface area (Å²) in [5.41, 5.74) is 0.108. The van der Waals surface area contributed by atoms with Gasteiger partial charge in [-0.2, -0.15) is 0 Å². The van der Waals surface area contributed by atoms with Crippen LogP contribution in [0.2, 0.25) is 0 Å². The second-order valence-corrected chi connectivity index (χ2v) is 12.3. The molecule has 0 saturated carbocycles. The maximum atomic E-state index is 13.3. The lowest BCUT2D eigenvalue weighted by molar-refractivity contribution is -0.246. The van der Waals surface area contributed by atoms with Crippen molar-refractivity contribution in [2.75, 3.05) is 13.2 Å². The van der Waals surface area contributed by atoms with Crippen molar-refractivity contribution in [1.82, 2.24) is 25.2 Å². The van der Waals surface area contributed by atoms with E-state index < -0.39 is 60.6 Å². The topological polar surface area (TPSA) is 162 Å². The SMILES string of the molecule is CCCCC(=O)N(CCc1cn(C2O[C@H](CO)[C@H](OC(C)=O)[C@H](OC(C)=O)[C@@H]2C)nn1)C(C(=O)NC(C)(C)C)C(C)C. The third kappa shape index (κ3) is 9.75. The Morgan fingerprint density at radius 3 is 2.29 bits per heavy atom. The fourth-order valence-corrected chi connectivity index (χ4v) is 5.13. The molecule has 2 rings (SSSR count). The van der Waals surface area contributed by atoms with E-state index in [9.17, 15) is 24.3 Å². The van der Waals surface area contributed by atoms with Crippen molar-refractivity contribution in [2.45, 2.75) is 124 Å². The number of aromatic nitrogens is 3. The molecular formula is C29H49N5O8. The van der Waals surface area contributed by atoms with Gasteiger partial charge in [-0.1, -0.05) is 39.3 Å². The highest BCUT2D eigenvalue weighted by atomic mass is 16.6. The van der Waals surface area contributed by atoms with Crippen LogP contribution in [0.1, 0.15) is 93.5 Å². The number of carbonyl (C=O) groups is 4. The van der Waals surface area contributed by atoms with Crippen LogP contribution in [0, 0.1) is 11.8 Å². The summed E-state index contributed by atoms with van der Waals surface area (Å²) in [7, 11) is 0. The summed E-state index contributed by atoms with van der Waals surface area (Å²) in [6.07, 6.45) is 0.267. The first kappa shape index (κ1) is 35.1. The van der Waals surface area contributed by atoms with Crippen molar-refractivity contribution in [3.05, 3.63) is 11.9 Å². The van der Waals surface area contributed by atoms with Gasteiger partial charge in [-0.3, -0.25) is 19.2 Å². The molecule has 1 aliphatic heterocycles. The maximum Gasteiger partial charge on any atom is 0.303 e. The van der Waals surface area contributed by atoms with Crippen LogP contribution in [-0.2, 0) is 39.8 Å². The van der Waals surface area contributed by atoms with E-state index in [0.717, 1.165) is 12.8 Å². The van der Waals surface area contributed by atoms with E-state index in [2.05, 4.69) is 15.6 Å². The first-order valence-corrected chi connectivity index (χ1v) is 14.7. The molecule has 2 N–H and O–H groups in total. The molecule has 0 spiro atoms. The number of nitrogens with one attached hydrogen (secondary N) is 1. The van der Waals surface area contributed by atoms with Gasteiger partial charge < -0.3 is 29.5 Å². The van der Waals surface area contributed by atoms with Gasteiger partial charge in [0.1, 0.15) is 18.2 Å². The summed E-state index contributed by atoms with van der Waals surface area (Å²) >= 11 is 0. The summed E-state index contributed by atoms with van der Waals surface area (Å²) in [6.45, 7) is 15.6. The molecule has 6 atom stereocenters. The Bertz CT molecular complexity index is 1070. The van der Waals surface area contributed by atoms with Gasteiger partial charge >= 0.3 is 11.9 Å². The molecule has 1 fully saturated rings. The summed E-state index contributed by atoms with van der Waals surface area (Å²) in [4.78, 5) is 51.8. The van der Waals surface area contributed by atoms with E-state index in [1.165, 1.54) is 18.5 Å². The van der Waals surface area contributed by atoms with E-state index in [0.29, 0.717) is 18.5 Å². The third-order valence-corrected chi connectivity index (χ3v) is 6.98. The van der Waals surface area contributed by atoms with Crippen LogP contribution in [0.3, 0.4) is 0 Å². The number of aliphatic hydroxyl groups excluding tert-OH is 1. The lowest BCUT2D eigenvalue weighted by atomic mass is 9.91. The van der Waals surface area contributed by atoms with Crippen LogP contribution in [0.4, 0.5) is 0 Å². The molecule has 42 heavy (non-hydrogen) atoms. The lowest BCUT2D eigenvalue weighted by Crippen LogP contribution is -2.56. The number of ether oxygens (including phenoxy) is 3. The normalized spacial score (nSPS) is 23.3. The highest BCUT2D eigenvalue weighted by Gasteiger charge is 2.48. The second kappa shape index (κ2) is 15.4. The number of amides is 2. The van der Waals surface area contributed by atoms with Gasteiger partial charge in [0.2, 0.25) is 11.8 Å². The van der Waals surface area contributed by atoms with Gasteiger partial charge in [-0.25, -0.2) is 4.68 Å². The maximum absolute atomic E-state index is 13.3. The Labute approximate surface area is 248 Å². The number of rotatable bonds is 13. The molecule has 1 aliphatic rings. The van der Waals surface area contributed by atoms with E-state index in [4.69, 9.17) is 14.2 Å². The zero-order valence-corrected chi connectivity index (χ0v) is 26.5. The first-order chi connectivity index (χ1) is 19.6. The van der Waals surface area contributed by atoms with Gasteiger partial charge in [0, 0.05) is 44.7 Å². The zero-order valence-electron chi connectivity index (χ0n) is 26.5. The fraction of sp³-hybridized carbons (Fsp3) is 0.793. The molecule has 1 aromatic heterocycles. The van der Waals surface area contributed by atoms with E-state index in [1.807, 2.05) is 41.5 Å². The highest BCUT2D eigenvalue weighted by molar-refractivity contribution is 5.88. The summed E-state index contributed by atoms with van der Waals surface area (Å²) in [6, 6.07) is -0.654. The van der Waals surface area contributed by atoms with Gasteiger partial charge in [-0.15, -0.1) is 5.10 Å². The molecule has 13 nitrogen and oxygen atoms in total. The number of esters is 2. The fourth-order valence-electron chi connectivity index (χ4n) is 5.13. The molecule has 13 heteroatoms. The molecule has 2 heterocycles. The van der Waals surface area contributed by atoms with Gasteiger partial charge in [0.15, 0.2) is 12.3 Å². The van der Waals surface area contributed by atoms with Crippen molar-refractivity contribution >= 4 is 23.8 Å². The Morgan fingerprint density at radius 2 is 1.76 bits per heavy atom. The predicted molar refractivity (Wildman–Crippen MR) is 153 cm³/mol. The largest absolute Gasteiger partial charge is 0.458 e. The first-order valence-electron chi connectivity index (χ1n) is 14.7. The monoisotopic (exact) mass is 595 g/mol. The van der Waals surface area contributed by atoms with Gasteiger partial charge in [-0.05, 0) is 33.1 Å². The minimum atomic E-state index is -0.999. The van der Waals surface area contributed by atoms with Crippen LogP contribution in [0.25, 0.3) is 0 Å². The summed E-state index contributed by atoms with van der Waals surface area (Å²) in [5, 5.41) is 21.5. The Kier molecular flexibility index (Phi) is 12.9. The molecule has 0 radical (unpaired) electrons. The molecule has 0 aliphatic carbocycles. The minimum Gasteiger partial charge on any atom is -0.458 e. The molecular weight excluding hydrogens is 546 g/mol. The average molecular weight is 596 g/mol. The van der Waals surface area contributed by atoms with Gasteiger partial charge in [0.05, 0.1) is 18.5 Å². The smallest absolute Gasteiger partial charge is 0.303 e. The van der Waals surface area contributed by atoms with Crippen molar-refractivity contribution in [3.8, 4) is 0 Å². The summed E-state index contributed by atoms with van der Waals surface area (Å²) < 4.78 is 18.4. The quantitative estimate of drug-likeness (QED) is 0.323. The number of aliphatic hydroxyl groups is 1.